The Morgan fingerprint density at radius 1 is 0.419 bits per heavy atom. The predicted octanol–water partition coefficient (Wildman–Crippen LogP) is 7.56. The van der Waals surface area contributed by atoms with E-state index in [1.54, 1.807) is 0 Å². The molecule has 0 radical (unpaired) electrons. The van der Waals surface area contributed by atoms with E-state index in [1.807, 2.05) is 60.7 Å². The van der Waals surface area contributed by atoms with Crippen molar-refractivity contribution >= 4 is 37.5 Å². The molecule has 5 rings (SSSR count). The molecule has 0 spiro atoms. The van der Waals surface area contributed by atoms with Crippen LogP contribution < -0.4 is 0 Å². The van der Waals surface area contributed by atoms with Crippen molar-refractivity contribution in [3.8, 4) is 23.7 Å². The molecule has 0 aliphatic heterocycles. The smallest absolute Gasteiger partial charge is 0.0418 e. The third-order valence-electron chi connectivity index (χ3n) is 5.21. The summed E-state index contributed by atoms with van der Waals surface area (Å²) in [6.45, 7) is 0. The number of fused-ring (bicyclic) bond motifs is 2. The van der Waals surface area contributed by atoms with Crippen LogP contribution in [0.15, 0.2) is 108 Å². The van der Waals surface area contributed by atoms with Gasteiger partial charge in [-0.25, -0.2) is 0 Å². The summed E-state index contributed by atoms with van der Waals surface area (Å²) in [5.41, 5.74) is 4.05. The van der Waals surface area contributed by atoms with Crippen molar-refractivity contribution < 1.29 is 0 Å². The molecule has 144 valence electrons. The number of hydrogen-bond acceptors (Lipinski definition) is 0. The van der Waals surface area contributed by atoms with Crippen molar-refractivity contribution in [1.82, 2.24) is 0 Å². The fraction of sp³-hybridized carbons (Fsp3) is 0. The molecule has 0 unspecified atom stereocenters. The van der Waals surface area contributed by atoms with Gasteiger partial charge in [0.1, 0.15) is 0 Å². The SMILES string of the molecule is Brc1cccc2c(C#Cc3ccccc3)c3ccccc3c(C#Cc3ccccc3)c12. The molecule has 0 atom stereocenters. The molecular weight excluding hydrogens is 440 g/mol. The van der Waals surface area contributed by atoms with Gasteiger partial charge in [0.05, 0.1) is 0 Å². The predicted molar refractivity (Wildman–Crippen MR) is 134 cm³/mol. The van der Waals surface area contributed by atoms with Gasteiger partial charge in [0.15, 0.2) is 0 Å². The third-order valence-corrected chi connectivity index (χ3v) is 5.87. The summed E-state index contributed by atoms with van der Waals surface area (Å²) in [7, 11) is 0. The highest BCUT2D eigenvalue weighted by Crippen LogP contribution is 2.36. The molecule has 0 aliphatic rings. The average molecular weight is 457 g/mol. The van der Waals surface area contributed by atoms with Crippen molar-refractivity contribution in [2.75, 3.05) is 0 Å². The summed E-state index contributed by atoms with van der Waals surface area (Å²) >= 11 is 3.77. The molecule has 0 heterocycles. The van der Waals surface area contributed by atoms with Crippen molar-refractivity contribution in [2.24, 2.45) is 0 Å². The standard InChI is InChI=1S/C30H17Br/c31-29-17-9-16-27-26(20-18-22-10-3-1-4-11-22)24-14-7-8-15-25(24)28(30(27)29)21-19-23-12-5-2-6-13-23/h1-17H. The summed E-state index contributed by atoms with van der Waals surface area (Å²) in [5.74, 6) is 13.6. The van der Waals surface area contributed by atoms with Crippen LogP contribution in [0, 0.1) is 23.7 Å². The van der Waals surface area contributed by atoms with Crippen molar-refractivity contribution in [3.63, 3.8) is 0 Å². The Balaban J connectivity index is 1.84. The minimum Gasteiger partial charge on any atom is -0.0622 e. The van der Waals surface area contributed by atoms with Gasteiger partial charge in [-0.1, -0.05) is 112 Å². The second-order valence-electron chi connectivity index (χ2n) is 7.19. The first-order valence-corrected chi connectivity index (χ1v) is 10.9. The monoisotopic (exact) mass is 456 g/mol. The molecule has 0 aromatic heterocycles. The van der Waals surface area contributed by atoms with Gasteiger partial charge in [0.25, 0.3) is 0 Å². The second kappa shape index (κ2) is 8.53. The first-order chi connectivity index (χ1) is 15.3. The van der Waals surface area contributed by atoms with Crippen LogP contribution in [0.1, 0.15) is 22.3 Å². The van der Waals surface area contributed by atoms with E-state index < -0.39 is 0 Å². The molecule has 0 nitrogen and oxygen atoms in total. The summed E-state index contributed by atoms with van der Waals surface area (Å²) in [6, 6.07) is 34.9. The Kier molecular flexibility index (Phi) is 5.28. The van der Waals surface area contributed by atoms with Gasteiger partial charge in [0, 0.05) is 37.5 Å². The molecular formula is C30H17Br. The van der Waals surface area contributed by atoms with Gasteiger partial charge in [0.2, 0.25) is 0 Å². The van der Waals surface area contributed by atoms with Gasteiger partial charge in [-0.2, -0.15) is 0 Å². The second-order valence-corrected chi connectivity index (χ2v) is 8.04. The van der Waals surface area contributed by atoms with Gasteiger partial charge < -0.3 is 0 Å². The lowest BCUT2D eigenvalue weighted by Gasteiger charge is -2.12. The Labute approximate surface area is 190 Å². The summed E-state index contributed by atoms with van der Waals surface area (Å²) < 4.78 is 1.02. The minimum atomic E-state index is 1.000. The Bertz CT molecular complexity index is 1520. The Morgan fingerprint density at radius 2 is 0.903 bits per heavy atom. The molecule has 0 aliphatic carbocycles. The molecule has 1 heteroatoms. The molecule has 0 N–H and O–H groups in total. The number of hydrogen-bond donors (Lipinski definition) is 0. The first kappa shape index (κ1) is 19.2. The highest BCUT2D eigenvalue weighted by atomic mass is 79.9. The largest absolute Gasteiger partial charge is 0.0622 e. The van der Waals surface area contributed by atoms with E-state index in [9.17, 15) is 0 Å². The fourth-order valence-corrected chi connectivity index (χ4v) is 4.33. The van der Waals surface area contributed by atoms with E-state index in [4.69, 9.17) is 0 Å². The molecule has 0 saturated heterocycles. The Morgan fingerprint density at radius 3 is 1.52 bits per heavy atom. The zero-order valence-electron chi connectivity index (χ0n) is 16.7. The number of rotatable bonds is 0. The zero-order chi connectivity index (χ0) is 21.0. The van der Waals surface area contributed by atoms with E-state index in [1.165, 1.54) is 0 Å². The fourth-order valence-electron chi connectivity index (χ4n) is 3.76. The first-order valence-electron chi connectivity index (χ1n) is 10.1. The third kappa shape index (κ3) is 3.85. The van der Waals surface area contributed by atoms with Crippen LogP contribution in [0.5, 0.6) is 0 Å². The van der Waals surface area contributed by atoms with Crippen LogP contribution in [0.2, 0.25) is 0 Å². The van der Waals surface area contributed by atoms with E-state index in [0.717, 1.165) is 48.3 Å². The summed E-state index contributed by atoms with van der Waals surface area (Å²) in [5, 5.41) is 4.44. The van der Waals surface area contributed by atoms with Gasteiger partial charge in [-0.05, 0) is 41.1 Å². The van der Waals surface area contributed by atoms with Crippen molar-refractivity contribution in [1.29, 1.82) is 0 Å². The van der Waals surface area contributed by atoms with Crippen LogP contribution in [-0.4, -0.2) is 0 Å². The lowest BCUT2D eigenvalue weighted by Crippen LogP contribution is -1.91. The maximum Gasteiger partial charge on any atom is 0.0418 e. The average Bonchev–Trinajstić information content (AvgIpc) is 2.83. The lowest BCUT2D eigenvalue weighted by molar-refractivity contribution is 1.64. The van der Waals surface area contributed by atoms with E-state index >= 15 is 0 Å². The molecule has 31 heavy (non-hydrogen) atoms. The topological polar surface area (TPSA) is 0 Å². The highest BCUT2D eigenvalue weighted by molar-refractivity contribution is 9.10. The lowest BCUT2D eigenvalue weighted by atomic mass is 9.92. The normalized spacial score (nSPS) is 10.2. The summed E-state index contributed by atoms with van der Waals surface area (Å²) in [6.07, 6.45) is 0. The Hall–Kier alpha value is -3.78. The van der Waals surface area contributed by atoms with Crippen LogP contribution in [-0.2, 0) is 0 Å². The molecule has 0 fully saturated rings. The van der Waals surface area contributed by atoms with Crippen LogP contribution in [0.25, 0.3) is 21.5 Å². The quantitative estimate of drug-likeness (QED) is 0.166. The maximum atomic E-state index is 3.77. The van der Waals surface area contributed by atoms with Gasteiger partial charge in [-0.3, -0.25) is 0 Å². The van der Waals surface area contributed by atoms with Crippen molar-refractivity contribution in [2.45, 2.75) is 0 Å². The van der Waals surface area contributed by atoms with Crippen LogP contribution in [0.3, 0.4) is 0 Å². The van der Waals surface area contributed by atoms with Crippen molar-refractivity contribution in [3.05, 3.63) is 130 Å². The minimum absolute atomic E-state index is 1.000. The zero-order valence-corrected chi connectivity index (χ0v) is 18.3. The van der Waals surface area contributed by atoms with E-state index in [-0.39, 0.29) is 0 Å². The van der Waals surface area contributed by atoms with Gasteiger partial charge in [-0.15, -0.1) is 0 Å². The van der Waals surface area contributed by atoms with Crippen LogP contribution >= 0.6 is 15.9 Å². The van der Waals surface area contributed by atoms with Crippen LogP contribution in [0.4, 0.5) is 0 Å². The molecule has 5 aromatic rings. The number of benzene rings is 5. The molecule has 0 amide bonds. The molecule has 0 bridgehead atoms. The van der Waals surface area contributed by atoms with Gasteiger partial charge >= 0.3 is 0 Å². The molecule has 0 saturated carbocycles. The summed E-state index contributed by atoms with van der Waals surface area (Å²) in [4.78, 5) is 0. The highest BCUT2D eigenvalue weighted by Gasteiger charge is 2.13. The molecule has 5 aromatic carbocycles. The maximum absolute atomic E-state index is 3.77. The van der Waals surface area contributed by atoms with E-state index in [2.05, 4.69) is 82.1 Å². The van der Waals surface area contributed by atoms with E-state index in [0.29, 0.717) is 0 Å². The number of halogens is 1.